The van der Waals surface area contributed by atoms with Crippen LogP contribution in [0.25, 0.3) is 22.6 Å². The van der Waals surface area contributed by atoms with Gasteiger partial charge in [-0.25, -0.2) is 4.98 Å². The van der Waals surface area contributed by atoms with Crippen molar-refractivity contribution in [1.29, 1.82) is 0 Å². The minimum atomic E-state index is 0.745. The van der Waals surface area contributed by atoms with E-state index in [1.165, 1.54) is 11.3 Å². The van der Waals surface area contributed by atoms with Gasteiger partial charge in [0.2, 0.25) is 0 Å². The van der Waals surface area contributed by atoms with E-state index in [0.29, 0.717) is 0 Å². The Bertz CT molecular complexity index is 1190. The zero-order chi connectivity index (χ0) is 20.0. The van der Waals surface area contributed by atoms with Crippen LogP contribution in [-0.2, 0) is 33.2 Å². The molecule has 0 fully saturated rings. The van der Waals surface area contributed by atoms with Crippen molar-refractivity contribution in [2.24, 2.45) is 7.05 Å². The Balaban J connectivity index is 1.38. The largest absolute Gasteiger partial charge is 0.326 e. The summed E-state index contributed by atoms with van der Waals surface area (Å²) in [5.41, 5.74) is 6.67. The van der Waals surface area contributed by atoms with Crippen molar-refractivity contribution in [2.45, 2.75) is 33.1 Å². The third-order valence-corrected chi connectivity index (χ3v) is 5.65. The van der Waals surface area contributed by atoms with Crippen molar-refractivity contribution < 1.29 is 0 Å². The first-order chi connectivity index (χ1) is 14.1. The lowest BCUT2D eigenvalue weighted by molar-refractivity contribution is 0.205. The predicted molar refractivity (Wildman–Crippen MR) is 113 cm³/mol. The molecule has 0 unspecified atom stereocenters. The number of aromatic nitrogens is 6. The van der Waals surface area contributed by atoms with Crippen molar-refractivity contribution >= 4 is 11.0 Å². The smallest absolute Gasteiger partial charge is 0.161 e. The van der Waals surface area contributed by atoms with E-state index in [-0.39, 0.29) is 0 Å². The van der Waals surface area contributed by atoms with E-state index in [4.69, 9.17) is 10.1 Å². The topological polar surface area (TPSA) is 56.7 Å². The summed E-state index contributed by atoms with van der Waals surface area (Å²) < 4.78 is 6.20. The molecule has 1 aliphatic rings. The monoisotopic (exact) mass is 387 g/mol. The fraction of sp³-hybridized carbons (Fsp3) is 0.318. The number of para-hydroxylation sites is 2. The van der Waals surface area contributed by atoms with Gasteiger partial charge in [-0.05, 0) is 25.1 Å². The van der Waals surface area contributed by atoms with Gasteiger partial charge in [0.25, 0.3) is 0 Å². The summed E-state index contributed by atoms with van der Waals surface area (Å²) in [6.45, 7) is 10.3. The fourth-order valence-electron chi connectivity index (χ4n) is 4.12. The van der Waals surface area contributed by atoms with Crippen molar-refractivity contribution in [3.8, 4) is 11.5 Å². The van der Waals surface area contributed by atoms with E-state index in [1.54, 1.807) is 0 Å². The number of allylic oxidation sites excluding steroid dienone is 1. The van der Waals surface area contributed by atoms with E-state index >= 15 is 0 Å². The highest BCUT2D eigenvalue weighted by molar-refractivity contribution is 5.79. The third-order valence-electron chi connectivity index (χ3n) is 5.65. The summed E-state index contributed by atoms with van der Waals surface area (Å²) in [6, 6.07) is 10.4. The zero-order valence-corrected chi connectivity index (χ0v) is 16.9. The van der Waals surface area contributed by atoms with E-state index in [9.17, 15) is 0 Å². The average molecular weight is 387 g/mol. The number of imidazole rings is 1. The zero-order valence-electron chi connectivity index (χ0n) is 16.9. The molecule has 0 bridgehead atoms. The van der Waals surface area contributed by atoms with E-state index in [1.807, 2.05) is 29.0 Å². The highest BCUT2D eigenvalue weighted by Crippen LogP contribution is 2.25. The summed E-state index contributed by atoms with van der Waals surface area (Å²) >= 11 is 0. The first-order valence-electron chi connectivity index (χ1n) is 9.97. The molecule has 148 valence electrons. The van der Waals surface area contributed by atoms with Crippen LogP contribution in [0, 0.1) is 6.92 Å². The highest BCUT2D eigenvalue weighted by atomic mass is 15.3. The molecule has 29 heavy (non-hydrogen) atoms. The van der Waals surface area contributed by atoms with E-state index in [2.05, 4.69) is 58.1 Å². The molecule has 0 radical (unpaired) electrons. The van der Waals surface area contributed by atoms with Gasteiger partial charge < -0.3 is 4.57 Å². The number of hydrogen-bond acceptors (Lipinski definition) is 4. The molecule has 7 nitrogen and oxygen atoms in total. The Labute approximate surface area is 169 Å². The molecule has 1 aliphatic heterocycles. The van der Waals surface area contributed by atoms with Crippen LogP contribution < -0.4 is 0 Å². The van der Waals surface area contributed by atoms with Crippen molar-refractivity contribution in [1.82, 2.24) is 34.0 Å². The lowest BCUT2D eigenvalue weighted by Crippen LogP contribution is -2.33. The molecule has 0 amide bonds. The van der Waals surface area contributed by atoms with Crippen LogP contribution in [0.4, 0.5) is 0 Å². The Hall–Kier alpha value is -3.19. The summed E-state index contributed by atoms with van der Waals surface area (Å²) in [7, 11) is 2.05. The molecule has 0 atom stereocenters. The van der Waals surface area contributed by atoms with Gasteiger partial charge in [0.1, 0.15) is 5.69 Å². The lowest BCUT2D eigenvalue weighted by atomic mass is 10.2. The van der Waals surface area contributed by atoms with Crippen LogP contribution in [0.3, 0.4) is 0 Å². The van der Waals surface area contributed by atoms with Gasteiger partial charge in [0.15, 0.2) is 5.82 Å². The molecule has 5 rings (SSSR count). The number of aryl methyl sites for hydroxylation is 2. The van der Waals surface area contributed by atoms with Crippen LogP contribution in [0.2, 0.25) is 0 Å². The van der Waals surface area contributed by atoms with Crippen molar-refractivity contribution in [3.05, 3.63) is 66.1 Å². The fourth-order valence-corrected chi connectivity index (χ4v) is 4.12. The summed E-state index contributed by atoms with van der Waals surface area (Å²) in [5.74, 6) is 0.918. The molecule has 7 heteroatoms. The molecule has 4 aromatic rings. The first-order valence-corrected chi connectivity index (χ1v) is 9.97. The molecule has 1 aromatic carbocycles. The second kappa shape index (κ2) is 7.00. The van der Waals surface area contributed by atoms with Crippen LogP contribution in [-0.4, -0.2) is 40.6 Å². The maximum Gasteiger partial charge on any atom is 0.161 e. The number of nitrogens with zero attached hydrogens (tertiary/aromatic N) is 7. The molecule has 3 aromatic heterocycles. The molecule has 0 aliphatic carbocycles. The quantitative estimate of drug-likeness (QED) is 0.494. The predicted octanol–water partition coefficient (Wildman–Crippen LogP) is 3.14. The number of benzene rings is 1. The minimum Gasteiger partial charge on any atom is -0.326 e. The van der Waals surface area contributed by atoms with Gasteiger partial charge in [-0.3, -0.25) is 14.3 Å². The molecule has 0 spiro atoms. The second-order valence-corrected chi connectivity index (χ2v) is 7.69. The molecule has 0 saturated carbocycles. The Kier molecular flexibility index (Phi) is 4.32. The van der Waals surface area contributed by atoms with Gasteiger partial charge in [0, 0.05) is 38.4 Å². The maximum absolute atomic E-state index is 4.84. The highest BCUT2D eigenvalue weighted by Gasteiger charge is 2.22. The Morgan fingerprint density at radius 2 is 2.03 bits per heavy atom. The molecule has 0 saturated heterocycles. The minimum absolute atomic E-state index is 0.745. The van der Waals surface area contributed by atoms with E-state index < -0.39 is 0 Å². The van der Waals surface area contributed by atoms with Gasteiger partial charge in [-0.2, -0.15) is 10.2 Å². The van der Waals surface area contributed by atoms with Gasteiger partial charge >= 0.3 is 0 Å². The third kappa shape index (κ3) is 3.17. The van der Waals surface area contributed by atoms with E-state index in [0.717, 1.165) is 61.0 Å². The van der Waals surface area contributed by atoms with Gasteiger partial charge in [-0.15, -0.1) is 6.58 Å². The molecule has 4 heterocycles. The van der Waals surface area contributed by atoms with Crippen LogP contribution in [0.5, 0.6) is 0 Å². The number of hydrogen-bond donors (Lipinski definition) is 0. The molecular weight excluding hydrogens is 362 g/mol. The second-order valence-electron chi connectivity index (χ2n) is 7.69. The van der Waals surface area contributed by atoms with Gasteiger partial charge in [0.05, 0.1) is 35.5 Å². The standard InChI is InChI=1S/C22H25N7/c1-4-9-28-14-17(16(2)24-28)13-27-10-11-29-18(15-27)12-20(25-29)22-23-19-7-5-6-8-21(19)26(22)3/h4-8,12,14H,1,9-11,13,15H2,2-3H3. The normalized spacial score (nSPS) is 14.4. The maximum atomic E-state index is 4.84. The van der Waals surface area contributed by atoms with Crippen molar-refractivity contribution in [2.75, 3.05) is 6.54 Å². The number of fused-ring (bicyclic) bond motifs is 2. The lowest BCUT2D eigenvalue weighted by Gasteiger charge is -2.27. The first kappa shape index (κ1) is 17.9. The summed E-state index contributed by atoms with van der Waals surface area (Å²) in [4.78, 5) is 7.26. The van der Waals surface area contributed by atoms with Crippen LogP contribution in [0.15, 0.2) is 49.2 Å². The molecular formula is C22H25N7. The van der Waals surface area contributed by atoms with Crippen molar-refractivity contribution in [3.63, 3.8) is 0 Å². The summed E-state index contributed by atoms with van der Waals surface area (Å²) in [5, 5.41) is 9.42. The average Bonchev–Trinajstić information content (AvgIpc) is 3.38. The molecule has 0 N–H and O–H groups in total. The Morgan fingerprint density at radius 1 is 1.17 bits per heavy atom. The van der Waals surface area contributed by atoms with Crippen LogP contribution >= 0.6 is 0 Å². The van der Waals surface area contributed by atoms with Crippen LogP contribution in [0.1, 0.15) is 17.0 Å². The SMILES string of the molecule is C=CCn1cc(CN2CCn3nc(-c4nc5ccccc5n4C)cc3C2)c(C)n1. The Morgan fingerprint density at radius 3 is 2.86 bits per heavy atom. The van der Waals surface area contributed by atoms with Gasteiger partial charge in [-0.1, -0.05) is 18.2 Å². The number of rotatable bonds is 5. The summed E-state index contributed by atoms with van der Waals surface area (Å²) in [6.07, 6.45) is 4.01.